The van der Waals surface area contributed by atoms with E-state index < -0.39 is 0 Å². The molecule has 2 aliphatic rings. The van der Waals surface area contributed by atoms with E-state index in [2.05, 4.69) is 24.5 Å². The molecule has 2 amide bonds. The van der Waals surface area contributed by atoms with Gasteiger partial charge in [0.2, 0.25) is 11.8 Å². The largest absolute Gasteiger partial charge is 0.355 e. The summed E-state index contributed by atoms with van der Waals surface area (Å²) in [5.41, 5.74) is 0. The standard InChI is InChI=1S/C14H25N3O2/c1-10(2)15-7-11-4-3-5-17(9-11)14(19)12-6-13(18)16-8-12/h10-12,15H,3-9H2,1-2H3,(H,16,18). The zero-order valence-corrected chi connectivity index (χ0v) is 11.9. The summed E-state index contributed by atoms with van der Waals surface area (Å²) in [5, 5.41) is 6.19. The molecule has 19 heavy (non-hydrogen) atoms. The molecule has 0 bridgehead atoms. The highest BCUT2D eigenvalue weighted by Crippen LogP contribution is 2.20. The molecule has 0 saturated carbocycles. The Balaban J connectivity index is 1.83. The van der Waals surface area contributed by atoms with Gasteiger partial charge in [-0.25, -0.2) is 0 Å². The van der Waals surface area contributed by atoms with Crippen molar-refractivity contribution in [1.82, 2.24) is 15.5 Å². The molecule has 2 aliphatic heterocycles. The van der Waals surface area contributed by atoms with Crippen LogP contribution in [0.1, 0.15) is 33.1 Å². The van der Waals surface area contributed by atoms with Crippen LogP contribution in [0.5, 0.6) is 0 Å². The van der Waals surface area contributed by atoms with Crippen LogP contribution < -0.4 is 10.6 Å². The molecule has 0 aliphatic carbocycles. The van der Waals surface area contributed by atoms with E-state index in [4.69, 9.17) is 0 Å². The van der Waals surface area contributed by atoms with Gasteiger partial charge in [0.25, 0.3) is 0 Å². The molecule has 2 atom stereocenters. The van der Waals surface area contributed by atoms with Gasteiger partial charge in [0, 0.05) is 32.1 Å². The number of rotatable bonds is 4. The van der Waals surface area contributed by atoms with Gasteiger partial charge in [-0.1, -0.05) is 13.8 Å². The number of carbonyl (C=O) groups is 2. The Morgan fingerprint density at radius 1 is 1.53 bits per heavy atom. The van der Waals surface area contributed by atoms with E-state index in [1.807, 2.05) is 4.90 Å². The van der Waals surface area contributed by atoms with Crippen LogP contribution in [0.15, 0.2) is 0 Å². The summed E-state index contributed by atoms with van der Waals surface area (Å²) < 4.78 is 0. The van der Waals surface area contributed by atoms with Crippen LogP contribution in [0.4, 0.5) is 0 Å². The van der Waals surface area contributed by atoms with Gasteiger partial charge in [-0.05, 0) is 25.3 Å². The van der Waals surface area contributed by atoms with Crippen molar-refractivity contribution in [3.05, 3.63) is 0 Å². The third-order valence-electron chi connectivity index (χ3n) is 3.97. The van der Waals surface area contributed by atoms with Crippen LogP contribution in [-0.2, 0) is 9.59 Å². The second-order valence-corrected chi connectivity index (χ2v) is 6.06. The minimum absolute atomic E-state index is 0.00776. The molecule has 0 aromatic heterocycles. The first kappa shape index (κ1) is 14.3. The Kier molecular flexibility index (Phi) is 4.80. The molecule has 2 fully saturated rings. The number of nitrogens with zero attached hydrogens (tertiary/aromatic N) is 1. The van der Waals surface area contributed by atoms with E-state index in [-0.39, 0.29) is 17.7 Å². The summed E-state index contributed by atoms with van der Waals surface area (Å²) in [4.78, 5) is 25.5. The van der Waals surface area contributed by atoms with Crippen LogP contribution in [0.3, 0.4) is 0 Å². The topological polar surface area (TPSA) is 61.4 Å². The fourth-order valence-corrected chi connectivity index (χ4v) is 2.87. The highest BCUT2D eigenvalue weighted by atomic mass is 16.2. The molecule has 0 aromatic carbocycles. The Bertz CT molecular complexity index is 344. The molecule has 0 radical (unpaired) electrons. The van der Waals surface area contributed by atoms with E-state index in [0.717, 1.165) is 26.1 Å². The zero-order chi connectivity index (χ0) is 13.8. The average Bonchev–Trinajstić information content (AvgIpc) is 2.82. The molecule has 2 heterocycles. The van der Waals surface area contributed by atoms with E-state index in [1.54, 1.807) is 0 Å². The molecule has 2 unspecified atom stereocenters. The molecule has 0 spiro atoms. The number of carbonyl (C=O) groups excluding carboxylic acids is 2. The van der Waals surface area contributed by atoms with Gasteiger partial charge in [0.1, 0.15) is 0 Å². The van der Waals surface area contributed by atoms with Crippen molar-refractivity contribution in [1.29, 1.82) is 0 Å². The number of hydrogen-bond acceptors (Lipinski definition) is 3. The Labute approximate surface area is 115 Å². The lowest BCUT2D eigenvalue weighted by Gasteiger charge is -2.34. The minimum Gasteiger partial charge on any atom is -0.355 e. The highest BCUT2D eigenvalue weighted by molar-refractivity contribution is 5.89. The first-order valence-electron chi connectivity index (χ1n) is 7.35. The molecule has 5 heteroatoms. The zero-order valence-electron chi connectivity index (χ0n) is 11.9. The normalized spacial score (nSPS) is 27.7. The fraction of sp³-hybridized carbons (Fsp3) is 0.857. The van der Waals surface area contributed by atoms with Crippen LogP contribution in [0.25, 0.3) is 0 Å². The van der Waals surface area contributed by atoms with E-state index in [9.17, 15) is 9.59 Å². The summed E-state index contributed by atoms with van der Waals surface area (Å²) in [6.07, 6.45) is 2.62. The molecule has 2 N–H and O–H groups in total. The molecular formula is C14H25N3O2. The van der Waals surface area contributed by atoms with Gasteiger partial charge >= 0.3 is 0 Å². The van der Waals surface area contributed by atoms with Gasteiger partial charge in [0.05, 0.1) is 5.92 Å². The number of hydrogen-bond donors (Lipinski definition) is 2. The maximum absolute atomic E-state index is 12.3. The minimum atomic E-state index is -0.135. The SMILES string of the molecule is CC(C)NCC1CCCN(C(=O)C2CNC(=O)C2)C1. The van der Waals surface area contributed by atoms with Crippen LogP contribution in [-0.4, -0.2) is 48.9 Å². The summed E-state index contributed by atoms with van der Waals surface area (Å²) >= 11 is 0. The van der Waals surface area contributed by atoms with Gasteiger partial charge in [0.15, 0.2) is 0 Å². The lowest BCUT2D eigenvalue weighted by atomic mass is 9.96. The maximum atomic E-state index is 12.3. The Morgan fingerprint density at radius 2 is 2.32 bits per heavy atom. The smallest absolute Gasteiger partial charge is 0.227 e. The van der Waals surface area contributed by atoms with Crippen molar-refractivity contribution in [2.75, 3.05) is 26.2 Å². The van der Waals surface area contributed by atoms with Crippen molar-refractivity contribution in [2.24, 2.45) is 11.8 Å². The maximum Gasteiger partial charge on any atom is 0.227 e. The lowest BCUT2D eigenvalue weighted by Crippen LogP contribution is -2.46. The molecule has 2 rings (SSSR count). The summed E-state index contributed by atoms with van der Waals surface area (Å²) in [6, 6.07) is 0.489. The Hall–Kier alpha value is -1.10. The first-order chi connectivity index (χ1) is 9.06. The van der Waals surface area contributed by atoms with Crippen LogP contribution in [0.2, 0.25) is 0 Å². The average molecular weight is 267 g/mol. The number of amides is 2. The second-order valence-electron chi connectivity index (χ2n) is 6.06. The number of likely N-dealkylation sites (tertiary alicyclic amines) is 1. The Morgan fingerprint density at radius 3 is 2.95 bits per heavy atom. The monoisotopic (exact) mass is 267 g/mol. The predicted molar refractivity (Wildman–Crippen MR) is 73.6 cm³/mol. The quantitative estimate of drug-likeness (QED) is 0.773. The van der Waals surface area contributed by atoms with Crippen molar-refractivity contribution >= 4 is 11.8 Å². The highest BCUT2D eigenvalue weighted by Gasteiger charge is 2.33. The molecule has 5 nitrogen and oxygen atoms in total. The van der Waals surface area contributed by atoms with Crippen LogP contribution >= 0.6 is 0 Å². The van der Waals surface area contributed by atoms with E-state index in [1.165, 1.54) is 6.42 Å². The fourth-order valence-electron chi connectivity index (χ4n) is 2.87. The second kappa shape index (κ2) is 6.37. The van der Waals surface area contributed by atoms with Crippen LogP contribution in [0, 0.1) is 11.8 Å². The summed E-state index contributed by atoms with van der Waals surface area (Å²) in [5.74, 6) is 0.579. The predicted octanol–water partition coefficient (Wildman–Crippen LogP) is 0.359. The van der Waals surface area contributed by atoms with E-state index >= 15 is 0 Å². The lowest BCUT2D eigenvalue weighted by molar-refractivity contribution is -0.137. The molecular weight excluding hydrogens is 242 g/mol. The van der Waals surface area contributed by atoms with E-state index in [0.29, 0.717) is 24.9 Å². The van der Waals surface area contributed by atoms with Crippen molar-refractivity contribution in [2.45, 2.75) is 39.2 Å². The van der Waals surface area contributed by atoms with Crippen molar-refractivity contribution in [3.8, 4) is 0 Å². The third-order valence-corrected chi connectivity index (χ3v) is 3.97. The molecule has 108 valence electrons. The van der Waals surface area contributed by atoms with Gasteiger partial charge < -0.3 is 15.5 Å². The summed E-state index contributed by atoms with van der Waals surface area (Å²) in [6.45, 7) is 7.46. The third kappa shape index (κ3) is 3.93. The van der Waals surface area contributed by atoms with Crippen molar-refractivity contribution in [3.63, 3.8) is 0 Å². The molecule has 0 aromatic rings. The number of nitrogens with one attached hydrogen (secondary N) is 2. The van der Waals surface area contributed by atoms with Crippen molar-refractivity contribution < 1.29 is 9.59 Å². The van der Waals surface area contributed by atoms with Gasteiger partial charge in [-0.2, -0.15) is 0 Å². The summed E-state index contributed by atoms with van der Waals surface area (Å²) in [7, 11) is 0. The van der Waals surface area contributed by atoms with Gasteiger partial charge in [-0.15, -0.1) is 0 Å². The van der Waals surface area contributed by atoms with Gasteiger partial charge in [-0.3, -0.25) is 9.59 Å². The number of piperidine rings is 1. The molecule has 2 saturated heterocycles. The first-order valence-corrected chi connectivity index (χ1v) is 7.35.